The normalized spacial score (nSPS) is 13.7. The van der Waals surface area contributed by atoms with E-state index in [-0.39, 0.29) is 38.9 Å². The first-order chi connectivity index (χ1) is 46.8. The summed E-state index contributed by atoms with van der Waals surface area (Å²) < 4.78 is 97.0. The summed E-state index contributed by atoms with van der Waals surface area (Å²) in [5.74, 6) is 2.17. The fourth-order valence-corrected chi connectivity index (χ4v) is 12.1. The van der Waals surface area contributed by atoms with Crippen molar-refractivity contribution in [3.8, 4) is 57.0 Å². The van der Waals surface area contributed by atoms with Crippen molar-refractivity contribution in [1.82, 2.24) is 64.7 Å². The first-order valence-electron chi connectivity index (χ1n) is 32.1. The fraction of sp³-hybridized carbons (Fsp3) is 0.420. The van der Waals surface area contributed by atoms with E-state index in [0.29, 0.717) is 132 Å². The number of ether oxygens (including phenoxy) is 11. The van der Waals surface area contributed by atoms with Gasteiger partial charge in [0.15, 0.2) is 11.3 Å². The van der Waals surface area contributed by atoms with Crippen LogP contribution in [0, 0.1) is 11.6 Å². The zero-order chi connectivity index (χ0) is 68.5. The Balaban J connectivity index is 0.000000226. The highest BCUT2D eigenvalue weighted by Crippen LogP contribution is 2.38. The standard InChI is InChI=1S/2C32H38FN7O4Si.C4H10O3.CH4.H3N/c1-45(2,3)13-12-42-21-39-17-24(37-20-39)18-43-27-14-23(33)15-28(16-27)44-26-6-4-22(5-7-26)30-29-31(34)35-19-36-32(29)40(38-30)25-8-10-41-11-9-25;1-45(2,3)13-12-42-21-39-20-35-17-25(39)18-43-27-14-23(33)15-28(16-27)44-26-6-4-22(5-7-26)30-29-31(34)36-19-37-32(29)40(38-30)24-8-10-41-11-9-24;1-5-4(6-2)7-3;;/h4-7,14-17,19-20,25H,8-13,18,21H2,1-3H3,(H2,34,35,36);4-7,14-17,19-20,24H,8-13,18,21H2,1-3H3,(H2,34,36,37);4H,1-3H3;1H4;1H3. The summed E-state index contributed by atoms with van der Waals surface area (Å²) in [6.45, 7) is 18.8. The van der Waals surface area contributed by atoms with Gasteiger partial charge in [0, 0.05) is 131 Å². The zero-order valence-electron chi connectivity index (χ0n) is 57.1. The summed E-state index contributed by atoms with van der Waals surface area (Å²) in [5.41, 5.74) is 18.6. The third kappa shape index (κ3) is 21.3. The van der Waals surface area contributed by atoms with Gasteiger partial charge < -0.3 is 78.9 Å². The maximum absolute atomic E-state index is 14.6. The van der Waals surface area contributed by atoms with E-state index in [1.54, 1.807) is 55.2 Å². The van der Waals surface area contributed by atoms with Crippen molar-refractivity contribution in [2.75, 3.05) is 72.4 Å². The monoisotopic (exact) mass is 1400 g/mol. The summed E-state index contributed by atoms with van der Waals surface area (Å²) in [4.78, 5) is 26.0. The van der Waals surface area contributed by atoms with Crippen molar-refractivity contribution in [3.05, 3.63) is 146 Å². The number of hydrogen-bond acceptors (Lipinski definition) is 22. The lowest BCUT2D eigenvalue weighted by Gasteiger charge is -2.22. The average Bonchev–Trinajstić information content (AvgIpc) is 1.63. The molecule has 26 nitrogen and oxygen atoms in total. The van der Waals surface area contributed by atoms with Gasteiger partial charge in [-0.25, -0.2) is 48.0 Å². The number of anilines is 2. The van der Waals surface area contributed by atoms with Crippen LogP contribution in [0.3, 0.4) is 0 Å². The largest absolute Gasteiger partial charge is 0.487 e. The van der Waals surface area contributed by atoms with E-state index in [9.17, 15) is 8.78 Å². The molecule has 2 aliphatic heterocycles. The average molecular weight is 1400 g/mol. The molecule has 0 atom stereocenters. The van der Waals surface area contributed by atoms with Crippen LogP contribution in [-0.4, -0.2) is 142 Å². The highest BCUT2D eigenvalue weighted by Gasteiger charge is 2.27. The summed E-state index contributed by atoms with van der Waals surface area (Å²) in [6.07, 6.45) is 13.3. The van der Waals surface area contributed by atoms with Crippen molar-refractivity contribution in [3.63, 3.8) is 0 Å². The molecule has 6 aromatic heterocycles. The molecule has 12 rings (SSSR count). The second-order valence-corrected chi connectivity index (χ2v) is 36.9. The fourth-order valence-electron chi connectivity index (χ4n) is 10.6. The number of fused-ring (bicyclic) bond motifs is 2. The van der Waals surface area contributed by atoms with E-state index in [1.165, 1.54) is 58.2 Å². The maximum atomic E-state index is 14.6. The SMILES string of the molecule is C.COC(OC)OC.C[Si](C)(C)CCOCn1cnc(COc2cc(F)cc(Oc3ccc(-c4nn(C5CCOCC5)c5ncnc(N)c45)cc3)c2)c1.C[Si](C)(C)CCOCn1cncc1COc1cc(F)cc(Oc2ccc(-c3nn(C4CCOCC4)c4ncnc(N)c34)cc2)c1.N. The second-order valence-electron chi connectivity index (χ2n) is 25.7. The van der Waals surface area contributed by atoms with Crippen molar-refractivity contribution < 1.29 is 60.9 Å². The molecule has 2 saturated heterocycles. The third-order valence-electron chi connectivity index (χ3n) is 15.8. The molecule has 99 heavy (non-hydrogen) atoms. The van der Waals surface area contributed by atoms with Crippen LogP contribution in [0.5, 0.6) is 34.5 Å². The molecule has 7 N–H and O–H groups in total. The quantitative estimate of drug-likeness (QED) is 0.0245. The van der Waals surface area contributed by atoms with Gasteiger partial charge in [-0.2, -0.15) is 10.2 Å². The lowest BCUT2D eigenvalue weighted by Crippen LogP contribution is -2.22. The molecule has 0 spiro atoms. The summed E-state index contributed by atoms with van der Waals surface area (Å²) >= 11 is 0. The number of methoxy groups -OCH3 is 3. The number of halogens is 2. The molecule has 0 amide bonds. The van der Waals surface area contributed by atoms with Crippen LogP contribution < -0.4 is 36.6 Å². The molecule has 2 aliphatic rings. The molecule has 0 aliphatic carbocycles. The van der Waals surface area contributed by atoms with Gasteiger partial charge in [-0.1, -0.05) is 46.7 Å². The lowest BCUT2D eigenvalue weighted by atomic mass is 10.1. The molecule has 0 bridgehead atoms. The molecule has 532 valence electrons. The van der Waals surface area contributed by atoms with E-state index in [1.807, 2.05) is 49.0 Å². The van der Waals surface area contributed by atoms with Crippen LogP contribution in [0.2, 0.25) is 51.4 Å². The van der Waals surface area contributed by atoms with Gasteiger partial charge >= 0.3 is 0 Å². The van der Waals surface area contributed by atoms with Gasteiger partial charge in [-0.05, 0) is 86.3 Å². The highest BCUT2D eigenvalue weighted by molar-refractivity contribution is 6.76. The molecule has 2 fully saturated rings. The minimum atomic E-state index is -1.17. The molecule has 8 heterocycles. The zero-order valence-corrected chi connectivity index (χ0v) is 59.1. The topological polar surface area (TPSA) is 311 Å². The van der Waals surface area contributed by atoms with Gasteiger partial charge in [0.1, 0.15) is 108 Å². The Labute approximate surface area is 577 Å². The van der Waals surface area contributed by atoms with Gasteiger partial charge in [0.25, 0.3) is 6.48 Å². The number of nitrogen functional groups attached to an aromatic ring is 2. The minimum absolute atomic E-state index is 0. The number of hydrogen-bond donors (Lipinski definition) is 3. The minimum Gasteiger partial charge on any atom is -0.487 e. The Bertz CT molecular complexity index is 4130. The van der Waals surface area contributed by atoms with Gasteiger partial charge in [0.05, 0.1) is 53.1 Å². The van der Waals surface area contributed by atoms with E-state index in [0.717, 1.165) is 61.2 Å². The number of nitrogens with zero attached hydrogens (tertiary/aromatic N) is 12. The second kappa shape index (κ2) is 35.8. The van der Waals surface area contributed by atoms with Crippen LogP contribution in [0.4, 0.5) is 20.4 Å². The Morgan fingerprint density at radius 1 is 0.556 bits per heavy atom. The van der Waals surface area contributed by atoms with Gasteiger partial charge in [0.2, 0.25) is 0 Å². The summed E-state index contributed by atoms with van der Waals surface area (Å²) in [5, 5.41) is 11.3. The molecular weight excluding hydrogens is 1310 g/mol. The van der Waals surface area contributed by atoms with Gasteiger partial charge in [-0.3, -0.25) is 0 Å². The lowest BCUT2D eigenvalue weighted by molar-refractivity contribution is -0.252. The van der Waals surface area contributed by atoms with E-state index in [2.05, 4.69) is 83.4 Å². The molecule has 10 aromatic rings. The van der Waals surface area contributed by atoms with Crippen molar-refractivity contribution >= 4 is 49.9 Å². The summed E-state index contributed by atoms with van der Waals surface area (Å²) in [6, 6.07) is 25.9. The van der Waals surface area contributed by atoms with Crippen LogP contribution in [-0.2, 0) is 59.8 Å². The predicted octanol–water partition coefficient (Wildman–Crippen LogP) is 13.9. The smallest absolute Gasteiger partial charge is 0.270 e. The van der Waals surface area contributed by atoms with E-state index >= 15 is 0 Å². The Kier molecular flexibility index (Phi) is 27.5. The van der Waals surface area contributed by atoms with Crippen LogP contribution in [0.25, 0.3) is 44.6 Å². The molecule has 0 radical (unpaired) electrons. The molecule has 4 aromatic carbocycles. The van der Waals surface area contributed by atoms with Crippen LogP contribution in [0.1, 0.15) is 56.6 Å². The number of aromatic nitrogens is 12. The highest BCUT2D eigenvalue weighted by atomic mass is 28.3. The summed E-state index contributed by atoms with van der Waals surface area (Å²) in [7, 11) is 2.24. The molecule has 0 unspecified atom stereocenters. The van der Waals surface area contributed by atoms with E-state index < -0.39 is 34.3 Å². The Hall–Kier alpha value is -8.83. The van der Waals surface area contributed by atoms with Crippen molar-refractivity contribution in [2.45, 2.75) is 130 Å². The van der Waals surface area contributed by atoms with Crippen molar-refractivity contribution in [1.29, 1.82) is 0 Å². The third-order valence-corrected chi connectivity index (χ3v) is 19.2. The van der Waals surface area contributed by atoms with Gasteiger partial charge in [-0.15, -0.1) is 0 Å². The number of nitrogens with two attached hydrogens (primary N) is 2. The maximum Gasteiger partial charge on any atom is 0.270 e. The predicted molar refractivity (Wildman–Crippen MR) is 379 cm³/mol. The molecule has 0 saturated carbocycles. The van der Waals surface area contributed by atoms with E-state index in [4.69, 9.17) is 59.6 Å². The number of benzene rings is 4. The Morgan fingerprint density at radius 2 is 1.00 bits per heavy atom. The number of rotatable bonds is 27. The molecular formula is C69H93F2N15O11Si2. The number of imidazole rings is 2. The van der Waals surface area contributed by atoms with Crippen molar-refractivity contribution in [2.24, 2.45) is 0 Å². The Morgan fingerprint density at radius 3 is 1.44 bits per heavy atom. The first-order valence-corrected chi connectivity index (χ1v) is 39.5. The molecule has 30 heteroatoms. The van der Waals surface area contributed by atoms with Crippen LogP contribution >= 0.6 is 0 Å². The first kappa shape index (κ1) is 75.9. The van der Waals surface area contributed by atoms with Crippen LogP contribution in [0.15, 0.2) is 123 Å².